The van der Waals surface area contributed by atoms with Gasteiger partial charge in [0.05, 0.1) is 24.8 Å². The highest BCUT2D eigenvalue weighted by Gasteiger charge is 2.31. The molecule has 1 N–H and O–H groups in total. The summed E-state index contributed by atoms with van der Waals surface area (Å²) in [5, 5.41) is 9.47. The van der Waals surface area contributed by atoms with Crippen LogP contribution in [0.2, 0.25) is 0 Å². The average Bonchev–Trinajstić information content (AvgIpc) is 2.43. The first-order chi connectivity index (χ1) is 7.49. The van der Waals surface area contributed by atoms with Gasteiger partial charge in [0.15, 0.2) is 0 Å². The van der Waals surface area contributed by atoms with E-state index in [1.807, 2.05) is 12.1 Å². The number of rotatable bonds is 1. The molecule has 0 spiro atoms. The van der Waals surface area contributed by atoms with Crippen molar-refractivity contribution in [3.8, 4) is 0 Å². The van der Waals surface area contributed by atoms with E-state index in [0.29, 0.717) is 6.54 Å². The highest BCUT2D eigenvalue weighted by atomic mass is 79.9. The summed E-state index contributed by atoms with van der Waals surface area (Å²) in [7, 11) is 0. The molecule has 1 aromatic carbocycles. The molecule has 16 heavy (non-hydrogen) atoms. The van der Waals surface area contributed by atoms with Crippen molar-refractivity contribution in [2.24, 2.45) is 0 Å². The zero-order valence-corrected chi connectivity index (χ0v) is 12.8. The maximum atomic E-state index is 11.7. The van der Waals surface area contributed by atoms with Gasteiger partial charge in [-0.3, -0.25) is 4.79 Å². The molecule has 0 saturated carbocycles. The highest BCUT2D eigenvalue weighted by molar-refractivity contribution is 9.11. The molecule has 1 amide bonds. The predicted octanol–water partition coefficient (Wildman–Crippen LogP) is 3.07. The number of amides is 1. The first kappa shape index (κ1) is 12.5. The first-order valence-electron chi connectivity index (χ1n) is 4.62. The van der Waals surface area contributed by atoms with Crippen LogP contribution in [0.25, 0.3) is 0 Å². The third-order valence-corrected chi connectivity index (χ3v) is 4.02. The maximum Gasteiger partial charge on any atom is 0.229 e. The minimum atomic E-state index is -0.574. The maximum absolute atomic E-state index is 11.7. The number of aliphatic hydroxyl groups excluding tert-OH is 1. The molecule has 1 heterocycles. The molecule has 1 aromatic rings. The largest absolute Gasteiger partial charge is 0.391 e. The van der Waals surface area contributed by atoms with Crippen LogP contribution in [0.3, 0.4) is 0 Å². The summed E-state index contributed by atoms with van der Waals surface area (Å²) in [6, 6.07) is 3.75. The van der Waals surface area contributed by atoms with E-state index in [0.717, 1.165) is 19.1 Å². The smallest absolute Gasteiger partial charge is 0.229 e. The van der Waals surface area contributed by atoms with Crippen molar-refractivity contribution in [3.63, 3.8) is 0 Å². The van der Waals surface area contributed by atoms with Gasteiger partial charge in [-0.05, 0) is 44.0 Å². The molecule has 0 aromatic heterocycles. The van der Waals surface area contributed by atoms with E-state index in [2.05, 4.69) is 47.8 Å². The van der Waals surface area contributed by atoms with E-state index in [1.54, 1.807) is 4.90 Å². The van der Waals surface area contributed by atoms with Gasteiger partial charge in [-0.15, -0.1) is 0 Å². The van der Waals surface area contributed by atoms with Crippen LogP contribution in [0.5, 0.6) is 0 Å². The van der Waals surface area contributed by atoms with Crippen LogP contribution >= 0.6 is 47.8 Å². The Balaban J connectivity index is 2.44. The lowest BCUT2D eigenvalue weighted by atomic mass is 10.3. The molecule has 1 saturated heterocycles. The SMILES string of the molecule is O=C1CC(O)CN1c1c(Br)cc(Br)cc1Br. The summed E-state index contributed by atoms with van der Waals surface area (Å²) in [6.07, 6.45) is -0.385. The minimum Gasteiger partial charge on any atom is -0.391 e. The van der Waals surface area contributed by atoms with Crippen LogP contribution in [0.15, 0.2) is 25.6 Å². The standard InChI is InChI=1S/C10H8Br3NO2/c11-5-1-7(12)10(8(13)2-5)14-4-6(15)3-9(14)16/h1-2,6,15H,3-4H2. The lowest BCUT2D eigenvalue weighted by Gasteiger charge is -2.19. The Kier molecular flexibility index (Phi) is 3.73. The van der Waals surface area contributed by atoms with Crippen LogP contribution in [0.1, 0.15) is 6.42 Å². The second kappa shape index (κ2) is 4.76. The van der Waals surface area contributed by atoms with Gasteiger partial charge in [0.2, 0.25) is 5.91 Å². The van der Waals surface area contributed by atoms with Crippen molar-refractivity contribution in [2.75, 3.05) is 11.4 Å². The molecule has 1 atom stereocenters. The van der Waals surface area contributed by atoms with Crippen molar-refractivity contribution in [3.05, 3.63) is 25.6 Å². The number of halogens is 3. The summed E-state index contributed by atoms with van der Waals surface area (Å²) in [6.45, 7) is 0.345. The molecule has 1 unspecified atom stereocenters. The number of benzene rings is 1. The molecule has 0 aliphatic carbocycles. The van der Waals surface area contributed by atoms with Crippen molar-refractivity contribution in [1.82, 2.24) is 0 Å². The van der Waals surface area contributed by atoms with Gasteiger partial charge in [-0.2, -0.15) is 0 Å². The molecule has 0 radical (unpaired) electrons. The van der Waals surface area contributed by atoms with Crippen LogP contribution in [-0.2, 0) is 4.79 Å². The quantitative estimate of drug-likeness (QED) is 0.768. The minimum absolute atomic E-state index is 0.0591. The summed E-state index contributed by atoms with van der Waals surface area (Å²) in [4.78, 5) is 13.3. The molecule has 2 rings (SSSR count). The number of hydrogen-bond donors (Lipinski definition) is 1. The normalized spacial score (nSPS) is 20.6. The third kappa shape index (κ3) is 2.34. The molecular weight excluding hydrogens is 406 g/mol. The van der Waals surface area contributed by atoms with Crippen molar-refractivity contribution < 1.29 is 9.90 Å². The Hall–Kier alpha value is 0.0900. The number of β-amino-alcohol motifs (C(OH)–C–C–N with tert-alkyl or cyclic N) is 1. The van der Waals surface area contributed by atoms with E-state index in [9.17, 15) is 9.90 Å². The number of carbonyl (C=O) groups excluding carboxylic acids is 1. The van der Waals surface area contributed by atoms with Gasteiger partial charge in [0.25, 0.3) is 0 Å². The Morgan fingerprint density at radius 2 is 1.81 bits per heavy atom. The van der Waals surface area contributed by atoms with Gasteiger partial charge in [-0.1, -0.05) is 15.9 Å². The Labute approximate surface area is 118 Å². The van der Waals surface area contributed by atoms with Crippen molar-refractivity contribution in [1.29, 1.82) is 0 Å². The van der Waals surface area contributed by atoms with E-state index < -0.39 is 6.10 Å². The lowest BCUT2D eigenvalue weighted by Crippen LogP contribution is -2.26. The first-order valence-corrected chi connectivity index (χ1v) is 7.00. The topological polar surface area (TPSA) is 40.5 Å². The monoisotopic (exact) mass is 411 g/mol. The Morgan fingerprint density at radius 1 is 1.25 bits per heavy atom. The van der Waals surface area contributed by atoms with E-state index >= 15 is 0 Å². The van der Waals surface area contributed by atoms with Gasteiger partial charge in [0.1, 0.15) is 0 Å². The summed E-state index contributed by atoms with van der Waals surface area (Å²) in [5.41, 5.74) is 0.768. The van der Waals surface area contributed by atoms with Gasteiger partial charge < -0.3 is 10.0 Å². The Morgan fingerprint density at radius 3 is 2.25 bits per heavy atom. The van der Waals surface area contributed by atoms with Gasteiger partial charge in [0, 0.05) is 13.4 Å². The van der Waals surface area contributed by atoms with Crippen LogP contribution in [-0.4, -0.2) is 23.7 Å². The third-order valence-electron chi connectivity index (χ3n) is 2.36. The van der Waals surface area contributed by atoms with Crippen LogP contribution in [0, 0.1) is 0 Å². The van der Waals surface area contributed by atoms with Crippen molar-refractivity contribution >= 4 is 59.4 Å². The van der Waals surface area contributed by atoms with Crippen LogP contribution < -0.4 is 4.90 Å². The number of hydrogen-bond acceptors (Lipinski definition) is 2. The number of carbonyl (C=O) groups is 1. The van der Waals surface area contributed by atoms with Gasteiger partial charge >= 0.3 is 0 Å². The van der Waals surface area contributed by atoms with Gasteiger partial charge in [-0.25, -0.2) is 0 Å². The fourth-order valence-electron chi connectivity index (χ4n) is 1.70. The predicted molar refractivity (Wildman–Crippen MR) is 72.5 cm³/mol. The fourth-order valence-corrected chi connectivity index (χ4v) is 4.38. The molecule has 86 valence electrons. The average molecular weight is 414 g/mol. The van der Waals surface area contributed by atoms with E-state index in [-0.39, 0.29) is 12.3 Å². The molecular formula is C10H8Br3NO2. The molecule has 1 aliphatic heterocycles. The zero-order valence-electron chi connectivity index (χ0n) is 8.08. The Bertz CT molecular complexity index is 427. The lowest BCUT2D eigenvalue weighted by molar-refractivity contribution is -0.117. The van der Waals surface area contributed by atoms with E-state index in [4.69, 9.17) is 0 Å². The summed E-state index contributed by atoms with van der Waals surface area (Å²) >= 11 is 10.2. The van der Waals surface area contributed by atoms with Crippen LogP contribution in [0.4, 0.5) is 5.69 Å². The molecule has 1 aliphatic rings. The zero-order chi connectivity index (χ0) is 11.9. The highest BCUT2D eigenvalue weighted by Crippen LogP contribution is 2.38. The fraction of sp³-hybridized carbons (Fsp3) is 0.300. The van der Waals surface area contributed by atoms with Crippen molar-refractivity contribution in [2.45, 2.75) is 12.5 Å². The number of nitrogens with zero attached hydrogens (tertiary/aromatic N) is 1. The summed E-state index contributed by atoms with van der Waals surface area (Å²) < 4.78 is 2.55. The second-order valence-corrected chi connectivity index (χ2v) is 6.20. The van der Waals surface area contributed by atoms with E-state index in [1.165, 1.54) is 0 Å². The number of aliphatic hydroxyl groups is 1. The molecule has 1 fully saturated rings. The summed E-state index contributed by atoms with van der Waals surface area (Å²) in [5.74, 6) is -0.0591. The molecule has 0 bridgehead atoms. The number of anilines is 1. The molecule has 6 heteroatoms. The second-order valence-electron chi connectivity index (χ2n) is 3.58. The molecule has 3 nitrogen and oxygen atoms in total.